The zero-order valence-corrected chi connectivity index (χ0v) is 10.4. The van der Waals surface area contributed by atoms with Gasteiger partial charge >= 0.3 is 0 Å². The Balaban J connectivity index is 2.17. The summed E-state index contributed by atoms with van der Waals surface area (Å²) in [6.45, 7) is 0. The average molecular weight is 274 g/mol. The first kappa shape index (κ1) is 12.8. The quantitative estimate of drug-likeness (QED) is 0.569. The highest BCUT2D eigenvalue weighted by Gasteiger charge is 2.22. The molecule has 0 saturated heterocycles. The van der Waals surface area contributed by atoms with Gasteiger partial charge in [-0.2, -0.15) is 0 Å². The normalized spacial score (nSPS) is 12.8. The summed E-state index contributed by atoms with van der Waals surface area (Å²) in [7, 11) is 0. The lowest BCUT2D eigenvalue weighted by Crippen LogP contribution is -2.29. The summed E-state index contributed by atoms with van der Waals surface area (Å²) >= 11 is 0. The number of hydrazine groups is 1. The molecule has 0 amide bonds. The SMILES string of the molecule is NNC(c1cccc(F)c1F)c1coc2ccccc12. The van der Waals surface area contributed by atoms with Crippen LogP contribution >= 0.6 is 0 Å². The maximum absolute atomic E-state index is 13.9. The smallest absolute Gasteiger partial charge is 0.163 e. The third-order valence-corrected chi connectivity index (χ3v) is 3.28. The van der Waals surface area contributed by atoms with E-state index in [9.17, 15) is 8.78 Å². The van der Waals surface area contributed by atoms with Crippen LogP contribution in [-0.4, -0.2) is 0 Å². The summed E-state index contributed by atoms with van der Waals surface area (Å²) in [5.41, 5.74) is 3.98. The van der Waals surface area contributed by atoms with Crippen molar-refractivity contribution >= 4 is 11.0 Å². The van der Waals surface area contributed by atoms with E-state index in [1.807, 2.05) is 18.2 Å². The van der Waals surface area contributed by atoms with Crippen molar-refractivity contribution in [2.75, 3.05) is 0 Å². The van der Waals surface area contributed by atoms with Crippen LogP contribution in [0.15, 0.2) is 53.1 Å². The van der Waals surface area contributed by atoms with E-state index >= 15 is 0 Å². The number of fused-ring (bicyclic) bond motifs is 1. The molecule has 0 bridgehead atoms. The van der Waals surface area contributed by atoms with Crippen LogP contribution < -0.4 is 11.3 Å². The number of hydrogen-bond acceptors (Lipinski definition) is 3. The Kier molecular flexibility index (Phi) is 3.22. The number of rotatable bonds is 3. The molecule has 0 aliphatic carbocycles. The van der Waals surface area contributed by atoms with Crippen molar-refractivity contribution in [3.63, 3.8) is 0 Å². The van der Waals surface area contributed by atoms with Crippen LogP contribution in [0.25, 0.3) is 11.0 Å². The van der Waals surface area contributed by atoms with E-state index in [-0.39, 0.29) is 5.56 Å². The molecule has 0 aliphatic heterocycles. The highest BCUT2D eigenvalue weighted by Crippen LogP contribution is 2.31. The number of benzene rings is 2. The molecule has 5 heteroatoms. The Labute approximate surface area is 114 Å². The van der Waals surface area contributed by atoms with Crippen molar-refractivity contribution in [2.45, 2.75) is 6.04 Å². The van der Waals surface area contributed by atoms with Crippen LogP contribution in [0, 0.1) is 11.6 Å². The second-order valence-corrected chi connectivity index (χ2v) is 4.43. The first-order valence-corrected chi connectivity index (χ1v) is 6.08. The van der Waals surface area contributed by atoms with Gasteiger partial charge in [0.25, 0.3) is 0 Å². The molecule has 3 rings (SSSR count). The van der Waals surface area contributed by atoms with Crippen LogP contribution in [0.3, 0.4) is 0 Å². The molecule has 0 aliphatic rings. The molecule has 0 radical (unpaired) electrons. The van der Waals surface area contributed by atoms with Gasteiger partial charge < -0.3 is 4.42 Å². The highest BCUT2D eigenvalue weighted by atomic mass is 19.2. The molecular formula is C15H12F2N2O. The Bertz CT molecular complexity index is 754. The first-order chi connectivity index (χ1) is 9.72. The van der Waals surface area contributed by atoms with Crippen molar-refractivity contribution in [1.29, 1.82) is 0 Å². The zero-order chi connectivity index (χ0) is 14.1. The maximum atomic E-state index is 13.9. The third kappa shape index (κ3) is 1.97. The highest BCUT2D eigenvalue weighted by molar-refractivity contribution is 5.81. The van der Waals surface area contributed by atoms with Crippen molar-refractivity contribution in [3.8, 4) is 0 Å². The summed E-state index contributed by atoms with van der Waals surface area (Å²) in [5.74, 6) is 3.70. The average Bonchev–Trinajstić information content (AvgIpc) is 2.88. The molecule has 3 aromatic rings. The van der Waals surface area contributed by atoms with E-state index in [2.05, 4.69) is 5.43 Å². The molecule has 0 spiro atoms. The third-order valence-electron chi connectivity index (χ3n) is 3.28. The van der Waals surface area contributed by atoms with Gasteiger partial charge in [-0.15, -0.1) is 0 Å². The molecule has 3 nitrogen and oxygen atoms in total. The van der Waals surface area contributed by atoms with E-state index in [4.69, 9.17) is 10.3 Å². The van der Waals surface area contributed by atoms with Crippen molar-refractivity contribution < 1.29 is 13.2 Å². The molecule has 3 N–H and O–H groups in total. The fraction of sp³-hybridized carbons (Fsp3) is 0.0667. The molecular weight excluding hydrogens is 262 g/mol. The summed E-state index contributed by atoms with van der Waals surface area (Å²) in [5, 5.41) is 0.805. The van der Waals surface area contributed by atoms with Gasteiger partial charge in [0.15, 0.2) is 11.6 Å². The van der Waals surface area contributed by atoms with Gasteiger partial charge in [-0.3, -0.25) is 5.84 Å². The summed E-state index contributed by atoms with van der Waals surface area (Å²) < 4.78 is 32.7. The van der Waals surface area contributed by atoms with Gasteiger partial charge in [-0.05, 0) is 12.1 Å². The molecule has 2 aromatic carbocycles. The fourth-order valence-electron chi connectivity index (χ4n) is 2.31. The Hall–Kier alpha value is -2.24. The summed E-state index contributed by atoms with van der Waals surface area (Å²) in [6, 6.07) is 10.6. The monoisotopic (exact) mass is 274 g/mol. The van der Waals surface area contributed by atoms with Gasteiger partial charge in [-0.25, -0.2) is 14.2 Å². The molecule has 1 unspecified atom stereocenters. The lowest BCUT2D eigenvalue weighted by atomic mass is 9.98. The maximum Gasteiger partial charge on any atom is 0.163 e. The largest absolute Gasteiger partial charge is 0.464 e. The molecule has 102 valence electrons. The number of halogens is 2. The molecule has 0 saturated carbocycles. The number of nitrogens with two attached hydrogens (primary N) is 1. The van der Waals surface area contributed by atoms with Gasteiger partial charge in [0.1, 0.15) is 5.58 Å². The topological polar surface area (TPSA) is 51.2 Å². The van der Waals surface area contributed by atoms with Crippen LogP contribution in [-0.2, 0) is 0 Å². The number of nitrogens with one attached hydrogen (secondary N) is 1. The van der Waals surface area contributed by atoms with Crippen molar-refractivity contribution in [1.82, 2.24) is 5.43 Å². The van der Waals surface area contributed by atoms with E-state index in [1.165, 1.54) is 18.4 Å². The van der Waals surface area contributed by atoms with Gasteiger partial charge in [0.05, 0.1) is 12.3 Å². The minimum atomic E-state index is -0.916. The van der Waals surface area contributed by atoms with Crippen LogP contribution in [0.1, 0.15) is 17.2 Å². The number of hydrogen-bond donors (Lipinski definition) is 2. The van der Waals surface area contributed by atoms with Gasteiger partial charge in [0.2, 0.25) is 0 Å². The summed E-state index contributed by atoms with van der Waals surface area (Å²) in [6.07, 6.45) is 1.50. The summed E-state index contributed by atoms with van der Waals surface area (Å²) in [4.78, 5) is 0. The van der Waals surface area contributed by atoms with Crippen molar-refractivity contribution in [2.24, 2.45) is 5.84 Å². The number of furan rings is 1. The van der Waals surface area contributed by atoms with E-state index in [1.54, 1.807) is 6.07 Å². The van der Waals surface area contributed by atoms with Crippen LogP contribution in [0.5, 0.6) is 0 Å². The standard InChI is InChI=1S/C15H12F2N2O/c16-12-6-3-5-10(14(12)17)15(19-18)11-8-20-13-7-2-1-4-9(11)13/h1-8,15,19H,18H2. The van der Waals surface area contributed by atoms with Crippen molar-refractivity contribution in [3.05, 3.63) is 71.5 Å². The second kappa shape index (κ2) is 5.03. The minimum absolute atomic E-state index is 0.138. The lowest BCUT2D eigenvalue weighted by molar-refractivity contribution is 0.482. The molecule has 1 heterocycles. The zero-order valence-electron chi connectivity index (χ0n) is 10.4. The first-order valence-electron chi connectivity index (χ1n) is 6.08. The van der Waals surface area contributed by atoms with Crippen LogP contribution in [0.2, 0.25) is 0 Å². The van der Waals surface area contributed by atoms with Crippen LogP contribution in [0.4, 0.5) is 8.78 Å². The van der Waals surface area contributed by atoms with Gasteiger partial charge in [-0.1, -0.05) is 30.3 Å². The number of para-hydroxylation sites is 1. The predicted octanol–water partition coefficient (Wildman–Crippen LogP) is 3.26. The minimum Gasteiger partial charge on any atom is -0.464 e. The molecule has 1 atom stereocenters. The molecule has 1 aromatic heterocycles. The molecule has 0 fully saturated rings. The molecule has 20 heavy (non-hydrogen) atoms. The second-order valence-electron chi connectivity index (χ2n) is 4.43. The lowest BCUT2D eigenvalue weighted by Gasteiger charge is -2.16. The Morgan fingerprint density at radius 2 is 1.80 bits per heavy atom. The predicted molar refractivity (Wildman–Crippen MR) is 71.7 cm³/mol. The Morgan fingerprint density at radius 1 is 1.00 bits per heavy atom. The van der Waals surface area contributed by atoms with E-state index in [0.29, 0.717) is 11.1 Å². The fourth-order valence-corrected chi connectivity index (χ4v) is 2.31. The Morgan fingerprint density at radius 3 is 2.60 bits per heavy atom. The van der Waals surface area contributed by atoms with E-state index < -0.39 is 17.7 Å². The van der Waals surface area contributed by atoms with Gasteiger partial charge in [0, 0.05) is 16.5 Å². The van der Waals surface area contributed by atoms with E-state index in [0.717, 1.165) is 11.5 Å².